The summed E-state index contributed by atoms with van der Waals surface area (Å²) in [6, 6.07) is 6.39. The zero-order chi connectivity index (χ0) is 14.4. The number of hydrogen-bond donors (Lipinski definition) is 1. The monoisotopic (exact) mass is 417 g/mol. The molecule has 5 heteroatoms. The second kappa shape index (κ2) is 8.17. The molecular weight excluding hydrogens is 402 g/mol. The number of hydrogen-bond acceptors (Lipinski definition) is 3. The van der Waals surface area contributed by atoms with Crippen LogP contribution in [0.15, 0.2) is 37.9 Å². The molecule has 0 aliphatic rings. The topological polar surface area (TPSA) is 21.3 Å². The largest absolute Gasteiger partial charge is 0.492 e. The van der Waals surface area contributed by atoms with Crippen molar-refractivity contribution < 1.29 is 4.74 Å². The van der Waals surface area contributed by atoms with Gasteiger partial charge in [0, 0.05) is 6.54 Å². The summed E-state index contributed by atoms with van der Waals surface area (Å²) in [4.78, 5) is 0. The molecule has 0 unspecified atom stereocenters. The van der Waals surface area contributed by atoms with Gasteiger partial charge in [0.15, 0.2) is 0 Å². The lowest BCUT2D eigenvalue weighted by molar-refractivity contribution is 0.336. The van der Waals surface area contributed by atoms with Crippen LogP contribution in [-0.4, -0.2) is 13.2 Å². The maximum atomic E-state index is 5.58. The molecule has 0 aliphatic carbocycles. The Morgan fingerprint density at radius 1 is 1.20 bits per heavy atom. The number of nitrogens with one attached hydrogen (secondary N) is 1. The van der Waals surface area contributed by atoms with Crippen molar-refractivity contribution in [3.8, 4) is 5.75 Å². The molecule has 0 aliphatic heterocycles. The van der Waals surface area contributed by atoms with Crippen LogP contribution in [0.5, 0.6) is 5.75 Å². The molecule has 0 radical (unpaired) electrons. The van der Waals surface area contributed by atoms with Crippen LogP contribution in [-0.2, 0) is 13.0 Å². The fourth-order valence-corrected chi connectivity index (χ4v) is 4.11. The van der Waals surface area contributed by atoms with Gasteiger partial charge in [-0.3, -0.25) is 0 Å². The zero-order valence-electron chi connectivity index (χ0n) is 11.3. The van der Waals surface area contributed by atoms with E-state index >= 15 is 0 Å². The van der Waals surface area contributed by atoms with Gasteiger partial charge in [-0.1, -0.05) is 0 Å². The van der Waals surface area contributed by atoms with Crippen LogP contribution in [0.25, 0.3) is 0 Å². The van der Waals surface area contributed by atoms with E-state index in [1.165, 1.54) is 11.1 Å². The maximum Gasteiger partial charge on any atom is 0.147 e. The summed E-state index contributed by atoms with van der Waals surface area (Å²) in [6.07, 6.45) is 1.07. The lowest BCUT2D eigenvalue weighted by Gasteiger charge is -2.11. The smallest absolute Gasteiger partial charge is 0.147 e. The van der Waals surface area contributed by atoms with E-state index in [-0.39, 0.29) is 0 Å². The first kappa shape index (κ1) is 16.0. The van der Waals surface area contributed by atoms with Crippen molar-refractivity contribution in [2.24, 2.45) is 0 Å². The molecule has 0 amide bonds. The normalized spacial score (nSPS) is 10.8. The number of halogens is 2. The Balaban J connectivity index is 1.86. The maximum absolute atomic E-state index is 5.58. The zero-order valence-corrected chi connectivity index (χ0v) is 15.3. The van der Waals surface area contributed by atoms with Crippen molar-refractivity contribution in [2.75, 3.05) is 13.2 Å². The molecule has 1 N–H and O–H groups in total. The summed E-state index contributed by atoms with van der Waals surface area (Å²) < 4.78 is 7.56. The highest BCUT2D eigenvalue weighted by Gasteiger charge is 2.08. The number of thiophene rings is 1. The van der Waals surface area contributed by atoms with Crippen LogP contribution >= 0.6 is 43.2 Å². The van der Waals surface area contributed by atoms with E-state index in [0.29, 0.717) is 6.61 Å². The lowest BCUT2D eigenvalue weighted by atomic mass is 10.2. The van der Waals surface area contributed by atoms with Gasteiger partial charge in [0.25, 0.3) is 0 Å². The van der Waals surface area contributed by atoms with Gasteiger partial charge in [0.1, 0.15) is 5.75 Å². The lowest BCUT2D eigenvalue weighted by Crippen LogP contribution is -2.16. The Labute approximate surface area is 140 Å². The first-order valence-electron chi connectivity index (χ1n) is 6.53. The second-order valence-corrected chi connectivity index (χ2v) is 6.87. The average molecular weight is 419 g/mol. The summed E-state index contributed by atoms with van der Waals surface area (Å²) in [5, 5.41) is 7.79. The molecule has 0 atom stereocenters. The highest BCUT2D eigenvalue weighted by Crippen LogP contribution is 2.34. The predicted molar refractivity (Wildman–Crippen MR) is 92.7 cm³/mol. The molecule has 108 valence electrons. The SMILES string of the molecule is CCOc1c(Br)cc(CNCCc2ccsc2)cc1Br. The van der Waals surface area contributed by atoms with Gasteiger partial charge in [-0.05, 0) is 91.8 Å². The second-order valence-electron chi connectivity index (χ2n) is 4.38. The van der Waals surface area contributed by atoms with Crippen molar-refractivity contribution >= 4 is 43.2 Å². The molecule has 0 fully saturated rings. The van der Waals surface area contributed by atoms with Crippen molar-refractivity contribution in [1.82, 2.24) is 5.32 Å². The fourth-order valence-electron chi connectivity index (χ4n) is 1.90. The van der Waals surface area contributed by atoms with Crippen LogP contribution in [0.2, 0.25) is 0 Å². The van der Waals surface area contributed by atoms with E-state index in [9.17, 15) is 0 Å². The molecular formula is C15H17Br2NOS. The van der Waals surface area contributed by atoms with Gasteiger partial charge >= 0.3 is 0 Å². The first-order valence-corrected chi connectivity index (χ1v) is 9.06. The third-order valence-corrected chi connectivity index (χ3v) is 4.76. The van der Waals surface area contributed by atoms with Crippen LogP contribution in [0.4, 0.5) is 0 Å². The molecule has 0 bridgehead atoms. The molecule has 20 heavy (non-hydrogen) atoms. The van der Waals surface area contributed by atoms with Gasteiger partial charge in [-0.15, -0.1) is 0 Å². The molecule has 2 aromatic rings. The van der Waals surface area contributed by atoms with E-state index in [4.69, 9.17) is 4.74 Å². The van der Waals surface area contributed by atoms with Crippen LogP contribution < -0.4 is 10.1 Å². The van der Waals surface area contributed by atoms with Crippen molar-refractivity contribution in [3.05, 3.63) is 49.0 Å². The van der Waals surface area contributed by atoms with Crippen LogP contribution in [0, 0.1) is 0 Å². The highest BCUT2D eigenvalue weighted by molar-refractivity contribution is 9.11. The number of rotatable bonds is 7. The van der Waals surface area contributed by atoms with Crippen molar-refractivity contribution in [3.63, 3.8) is 0 Å². The van der Waals surface area contributed by atoms with E-state index in [1.807, 2.05) is 6.92 Å². The third kappa shape index (κ3) is 4.58. The minimum absolute atomic E-state index is 0.662. The number of benzene rings is 1. The standard InChI is InChI=1S/C15H17Br2NOS/c1-2-19-15-13(16)7-12(8-14(15)17)9-18-5-3-11-4-6-20-10-11/h4,6-8,10,18H,2-3,5,9H2,1H3. The van der Waals surface area contributed by atoms with Gasteiger partial charge in [-0.25, -0.2) is 0 Å². The summed E-state index contributed by atoms with van der Waals surface area (Å²) in [6.45, 7) is 4.49. The van der Waals surface area contributed by atoms with Crippen molar-refractivity contribution in [1.29, 1.82) is 0 Å². The Morgan fingerprint density at radius 3 is 2.55 bits per heavy atom. The predicted octanol–water partition coefficient (Wildman–Crippen LogP) is 5.00. The van der Waals surface area contributed by atoms with Crippen LogP contribution in [0.3, 0.4) is 0 Å². The third-order valence-electron chi connectivity index (χ3n) is 2.85. The first-order chi connectivity index (χ1) is 9.70. The molecule has 0 spiro atoms. The van der Waals surface area contributed by atoms with Crippen LogP contribution in [0.1, 0.15) is 18.1 Å². The fraction of sp³-hybridized carbons (Fsp3) is 0.333. The van der Waals surface area contributed by atoms with Gasteiger partial charge in [0.2, 0.25) is 0 Å². The summed E-state index contributed by atoms with van der Waals surface area (Å²) >= 11 is 8.87. The minimum atomic E-state index is 0.662. The Bertz CT molecular complexity index is 520. The summed E-state index contributed by atoms with van der Waals surface area (Å²) in [5.41, 5.74) is 2.63. The molecule has 2 rings (SSSR count). The van der Waals surface area contributed by atoms with E-state index in [0.717, 1.165) is 34.2 Å². The van der Waals surface area contributed by atoms with Gasteiger partial charge < -0.3 is 10.1 Å². The Morgan fingerprint density at radius 2 is 1.95 bits per heavy atom. The summed E-state index contributed by atoms with van der Waals surface area (Å²) in [5.74, 6) is 0.870. The minimum Gasteiger partial charge on any atom is -0.492 e. The molecule has 1 aromatic carbocycles. The van der Waals surface area contributed by atoms with E-state index in [2.05, 4.69) is 66.1 Å². The average Bonchev–Trinajstić information content (AvgIpc) is 2.92. The quantitative estimate of drug-likeness (QED) is 0.638. The van der Waals surface area contributed by atoms with Gasteiger partial charge in [-0.2, -0.15) is 11.3 Å². The van der Waals surface area contributed by atoms with E-state index in [1.54, 1.807) is 11.3 Å². The molecule has 1 aromatic heterocycles. The summed E-state index contributed by atoms with van der Waals surface area (Å²) in [7, 11) is 0. The Hall–Kier alpha value is -0.360. The highest BCUT2D eigenvalue weighted by atomic mass is 79.9. The van der Waals surface area contributed by atoms with Crippen molar-refractivity contribution in [2.45, 2.75) is 19.9 Å². The molecule has 1 heterocycles. The molecule has 2 nitrogen and oxygen atoms in total. The van der Waals surface area contributed by atoms with Gasteiger partial charge in [0.05, 0.1) is 15.6 Å². The Kier molecular flexibility index (Phi) is 6.55. The number of ether oxygens (including phenoxy) is 1. The van der Waals surface area contributed by atoms with E-state index < -0.39 is 0 Å². The molecule has 0 saturated heterocycles. The molecule has 0 saturated carbocycles.